The Labute approximate surface area is 212 Å². The number of nitrogens with zero attached hydrogens (tertiary/aromatic N) is 1. The van der Waals surface area contributed by atoms with E-state index >= 15 is 0 Å². The molecular weight excluding hydrogens is 454 g/mol. The molecule has 2 heterocycles. The molecule has 0 radical (unpaired) electrons. The minimum atomic E-state index is -0.349. The summed E-state index contributed by atoms with van der Waals surface area (Å²) in [5, 5.41) is 5.85. The number of carbonyl (C=O) groups excluding carboxylic acids is 2. The summed E-state index contributed by atoms with van der Waals surface area (Å²) >= 11 is 0. The molecule has 0 spiro atoms. The Morgan fingerprint density at radius 2 is 1.83 bits per heavy atom. The minimum Gasteiger partial charge on any atom is -0.459 e. The molecule has 190 valence electrons. The second-order valence-corrected chi connectivity index (χ2v) is 9.09. The number of amides is 2. The number of furan rings is 1. The molecule has 1 aromatic heterocycles. The number of ether oxygens (including phenoxy) is 1. The molecular formula is C29H35N3O4. The third kappa shape index (κ3) is 6.98. The maximum Gasteiger partial charge on any atom is 0.291 e. The molecule has 0 bridgehead atoms. The average molecular weight is 490 g/mol. The maximum absolute atomic E-state index is 13.2. The van der Waals surface area contributed by atoms with Gasteiger partial charge in [0.15, 0.2) is 5.76 Å². The Balaban J connectivity index is 1.45. The van der Waals surface area contributed by atoms with Gasteiger partial charge in [0, 0.05) is 44.2 Å². The third-order valence-corrected chi connectivity index (χ3v) is 6.52. The first-order valence-electron chi connectivity index (χ1n) is 12.8. The Bertz CT molecular complexity index is 1110. The second-order valence-electron chi connectivity index (χ2n) is 9.09. The highest BCUT2D eigenvalue weighted by atomic mass is 16.5. The van der Waals surface area contributed by atoms with Crippen LogP contribution in [-0.4, -0.2) is 44.7 Å². The summed E-state index contributed by atoms with van der Waals surface area (Å²) in [6.45, 7) is 5.53. The van der Waals surface area contributed by atoms with Crippen LogP contribution in [0.4, 0.5) is 11.4 Å². The van der Waals surface area contributed by atoms with Crippen molar-refractivity contribution in [2.45, 2.75) is 32.6 Å². The summed E-state index contributed by atoms with van der Waals surface area (Å²) in [7, 11) is 0. The second kappa shape index (κ2) is 12.9. The van der Waals surface area contributed by atoms with Crippen molar-refractivity contribution >= 4 is 23.2 Å². The molecule has 4 rings (SSSR count). The predicted molar refractivity (Wildman–Crippen MR) is 142 cm³/mol. The van der Waals surface area contributed by atoms with E-state index in [1.165, 1.54) is 11.8 Å². The molecule has 0 aliphatic carbocycles. The average Bonchev–Trinajstić information content (AvgIpc) is 3.45. The van der Waals surface area contributed by atoms with E-state index in [4.69, 9.17) is 9.15 Å². The summed E-state index contributed by atoms with van der Waals surface area (Å²) in [5.41, 5.74) is 3.38. The quantitative estimate of drug-likeness (QED) is 0.364. The van der Waals surface area contributed by atoms with Crippen molar-refractivity contribution in [3.05, 3.63) is 83.8 Å². The molecule has 1 saturated heterocycles. The van der Waals surface area contributed by atoms with Gasteiger partial charge in [-0.3, -0.25) is 9.59 Å². The van der Waals surface area contributed by atoms with Gasteiger partial charge in [-0.1, -0.05) is 30.3 Å². The highest BCUT2D eigenvalue weighted by Gasteiger charge is 2.24. The highest BCUT2D eigenvalue weighted by Crippen LogP contribution is 2.30. The minimum absolute atomic E-state index is 0.151. The van der Waals surface area contributed by atoms with Crippen molar-refractivity contribution in [2.75, 3.05) is 43.1 Å². The van der Waals surface area contributed by atoms with E-state index in [1.807, 2.05) is 19.1 Å². The maximum atomic E-state index is 13.2. The lowest BCUT2D eigenvalue weighted by Crippen LogP contribution is -2.36. The summed E-state index contributed by atoms with van der Waals surface area (Å²) in [4.78, 5) is 28.0. The zero-order valence-electron chi connectivity index (χ0n) is 20.9. The number of benzene rings is 2. The lowest BCUT2D eigenvalue weighted by Gasteiger charge is -2.35. The van der Waals surface area contributed by atoms with Crippen molar-refractivity contribution in [2.24, 2.45) is 5.92 Å². The number of piperidine rings is 1. The molecule has 7 heteroatoms. The first-order valence-corrected chi connectivity index (χ1v) is 12.8. The van der Waals surface area contributed by atoms with Crippen molar-refractivity contribution in [1.82, 2.24) is 5.32 Å². The van der Waals surface area contributed by atoms with E-state index in [2.05, 4.69) is 45.9 Å². The Morgan fingerprint density at radius 3 is 2.56 bits per heavy atom. The van der Waals surface area contributed by atoms with Gasteiger partial charge in [-0.15, -0.1) is 0 Å². The van der Waals surface area contributed by atoms with Crippen LogP contribution in [0.5, 0.6) is 0 Å². The Kier molecular flexibility index (Phi) is 9.16. The first kappa shape index (κ1) is 25.5. The number of rotatable bonds is 11. The number of nitrogens with one attached hydrogen (secondary N) is 2. The molecule has 2 amide bonds. The van der Waals surface area contributed by atoms with Gasteiger partial charge in [0.25, 0.3) is 11.8 Å². The van der Waals surface area contributed by atoms with Crippen LogP contribution in [0.25, 0.3) is 0 Å². The van der Waals surface area contributed by atoms with E-state index in [9.17, 15) is 9.59 Å². The lowest BCUT2D eigenvalue weighted by atomic mass is 9.89. The molecule has 0 atom stereocenters. The van der Waals surface area contributed by atoms with Crippen LogP contribution < -0.4 is 15.5 Å². The summed E-state index contributed by atoms with van der Waals surface area (Å²) in [6.07, 6.45) is 5.43. The standard InChI is InChI=1S/C29H35N3O4/c1-2-35-18-7-15-30-28(33)25-21-24(31-29(34)27-10-6-19-36-27)11-12-26(25)32-16-13-23(14-17-32)20-22-8-4-3-5-9-22/h3-6,8-12,19,21,23H,2,7,13-18,20H2,1H3,(H,30,33)(H,31,34). The van der Waals surface area contributed by atoms with Crippen LogP contribution in [0.15, 0.2) is 71.3 Å². The van der Waals surface area contributed by atoms with E-state index in [-0.39, 0.29) is 17.6 Å². The monoisotopic (exact) mass is 489 g/mol. The van der Waals surface area contributed by atoms with Crippen molar-refractivity contribution in [3.63, 3.8) is 0 Å². The van der Waals surface area contributed by atoms with Crippen LogP contribution in [-0.2, 0) is 11.2 Å². The van der Waals surface area contributed by atoms with E-state index in [0.29, 0.717) is 36.9 Å². The molecule has 2 N–H and O–H groups in total. The molecule has 1 aliphatic heterocycles. The topological polar surface area (TPSA) is 83.8 Å². The van der Waals surface area contributed by atoms with Crippen LogP contribution >= 0.6 is 0 Å². The van der Waals surface area contributed by atoms with Gasteiger partial charge in [0.1, 0.15) is 0 Å². The van der Waals surface area contributed by atoms with Gasteiger partial charge >= 0.3 is 0 Å². The van der Waals surface area contributed by atoms with E-state index in [0.717, 1.165) is 44.5 Å². The van der Waals surface area contributed by atoms with Crippen molar-refractivity contribution in [1.29, 1.82) is 0 Å². The van der Waals surface area contributed by atoms with E-state index < -0.39 is 0 Å². The molecule has 0 unspecified atom stereocenters. The lowest BCUT2D eigenvalue weighted by molar-refractivity contribution is 0.0942. The van der Waals surface area contributed by atoms with Gasteiger partial charge in [-0.05, 0) is 74.4 Å². The van der Waals surface area contributed by atoms with Crippen molar-refractivity contribution < 1.29 is 18.7 Å². The van der Waals surface area contributed by atoms with Crippen LogP contribution in [0.3, 0.4) is 0 Å². The Morgan fingerprint density at radius 1 is 1.03 bits per heavy atom. The normalized spacial score (nSPS) is 14.0. The number of hydrogen-bond acceptors (Lipinski definition) is 5. The van der Waals surface area contributed by atoms with Crippen LogP contribution in [0.2, 0.25) is 0 Å². The number of anilines is 2. The van der Waals surface area contributed by atoms with Crippen LogP contribution in [0.1, 0.15) is 52.7 Å². The smallest absolute Gasteiger partial charge is 0.291 e. The molecule has 36 heavy (non-hydrogen) atoms. The fraction of sp³-hybridized carbons (Fsp3) is 0.379. The molecule has 1 fully saturated rings. The number of carbonyl (C=O) groups is 2. The zero-order chi connectivity index (χ0) is 25.2. The first-order chi connectivity index (χ1) is 17.6. The number of hydrogen-bond donors (Lipinski definition) is 2. The fourth-order valence-corrected chi connectivity index (χ4v) is 4.61. The molecule has 2 aromatic carbocycles. The fourth-order valence-electron chi connectivity index (χ4n) is 4.61. The molecule has 3 aromatic rings. The molecule has 0 saturated carbocycles. The summed E-state index contributed by atoms with van der Waals surface area (Å²) in [6, 6.07) is 19.4. The van der Waals surface area contributed by atoms with Gasteiger partial charge in [0.2, 0.25) is 0 Å². The third-order valence-electron chi connectivity index (χ3n) is 6.52. The van der Waals surface area contributed by atoms with Gasteiger partial charge in [-0.25, -0.2) is 0 Å². The summed E-state index contributed by atoms with van der Waals surface area (Å²) in [5.74, 6) is 0.354. The van der Waals surface area contributed by atoms with Gasteiger partial charge < -0.3 is 24.7 Å². The summed E-state index contributed by atoms with van der Waals surface area (Å²) < 4.78 is 10.6. The van der Waals surface area contributed by atoms with Gasteiger partial charge in [-0.2, -0.15) is 0 Å². The zero-order valence-corrected chi connectivity index (χ0v) is 20.9. The van der Waals surface area contributed by atoms with Crippen LogP contribution in [0, 0.1) is 5.92 Å². The predicted octanol–water partition coefficient (Wildman–Crippen LogP) is 5.15. The highest BCUT2D eigenvalue weighted by molar-refractivity contribution is 6.05. The molecule has 7 nitrogen and oxygen atoms in total. The SMILES string of the molecule is CCOCCCNC(=O)c1cc(NC(=O)c2ccco2)ccc1N1CCC(Cc2ccccc2)CC1. The van der Waals surface area contributed by atoms with Crippen molar-refractivity contribution in [3.8, 4) is 0 Å². The van der Waals surface area contributed by atoms with Gasteiger partial charge in [0.05, 0.1) is 11.8 Å². The Hall–Kier alpha value is -3.58. The van der Waals surface area contributed by atoms with E-state index in [1.54, 1.807) is 18.2 Å². The largest absolute Gasteiger partial charge is 0.459 e. The molecule has 1 aliphatic rings.